The van der Waals surface area contributed by atoms with E-state index in [-0.39, 0.29) is 17.0 Å². The molecule has 1 aliphatic heterocycles. The molecule has 0 saturated carbocycles. The first-order chi connectivity index (χ1) is 11.1. The van der Waals surface area contributed by atoms with Crippen molar-refractivity contribution >= 4 is 23.8 Å². The molecule has 2 rings (SSSR count). The lowest BCUT2D eigenvalue weighted by Crippen LogP contribution is -2.41. The van der Waals surface area contributed by atoms with Crippen LogP contribution in [0.2, 0.25) is 0 Å². The molecule has 0 spiro atoms. The SMILES string of the molecule is CCCN(CCC)C(=O)N1C=CSC1c1cccc(C(=O)O)c1. The second kappa shape index (κ2) is 8.06. The van der Waals surface area contributed by atoms with Crippen LogP contribution in [0.5, 0.6) is 0 Å². The van der Waals surface area contributed by atoms with Crippen LogP contribution < -0.4 is 0 Å². The quantitative estimate of drug-likeness (QED) is 0.849. The van der Waals surface area contributed by atoms with E-state index >= 15 is 0 Å². The van der Waals surface area contributed by atoms with E-state index < -0.39 is 5.97 Å². The van der Waals surface area contributed by atoms with Gasteiger partial charge in [0.1, 0.15) is 5.37 Å². The molecule has 1 unspecified atom stereocenters. The molecule has 0 bridgehead atoms. The molecule has 5 nitrogen and oxygen atoms in total. The minimum atomic E-state index is -0.959. The number of hydrogen-bond acceptors (Lipinski definition) is 3. The van der Waals surface area contributed by atoms with Crippen LogP contribution in [0.15, 0.2) is 35.9 Å². The third-order valence-electron chi connectivity index (χ3n) is 3.58. The molecular weight excluding hydrogens is 312 g/mol. The molecule has 1 heterocycles. The summed E-state index contributed by atoms with van der Waals surface area (Å²) < 4.78 is 0. The first-order valence-electron chi connectivity index (χ1n) is 7.81. The number of hydrogen-bond donors (Lipinski definition) is 1. The molecule has 0 aliphatic carbocycles. The Morgan fingerprint density at radius 3 is 2.57 bits per heavy atom. The van der Waals surface area contributed by atoms with Crippen molar-refractivity contribution in [1.82, 2.24) is 9.80 Å². The summed E-state index contributed by atoms with van der Waals surface area (Å²) in [6.07, 6.45) is 3.61. The molecule has 1 aromatic carbocycles. The van der Waals surface area contributed by atoms with Crippen LogP contribution in [0.4, 0.5) is 4.79 Å². The molecule has 0 fully saturated rings. The average Bonchev–Trinajstić information content (AvgIpc) is 3.03. The molecule has 0 radical (unpaired) electrons. The van der Waals surface area contributed by atoms with Gasteiger partial charge in [-0.05, 0) is 35.9 Å². The number of rotatable bonds is 6. The summed E-state index contributed by atoms with van der Waals surface area (Å²) in [5, 5.41) is 10.8. The van der Waals surface area contributed by atoms with Gasteiger partial charge in [-0.15, -0.1) is 11.8 Å². The van der Waals surface area contributed by atoms with Crippen molar-refractivity contribution in [3.05, 3.63) is 47.0 Å². The Hall–Kier alpha value is -1.95. The standard InChI is InChI=1S/C17H22N2O3S/c1-3-8-18(9-4-2)17(22)19-10-11-23-15(19)13-6-5-7-14(12-13)16(20)21/h5-7,10-12,15H,3-4,8-9H2,1-2H3,(H,20,21). The maximum absolute atomic E-state index is 12.8. The fourth-order valence-electron chi connectivity index (χ4n) is 2.55. The van der Waals surface area contributed by atoms with Crippen LogP contribution in [0.1, 0.15) is 48.0 Å². The van der Waals surface area contributed by atoms with Gasteiger partial charge in [-0.3, -0.25) is 4.90 Å². The molecule has 23 heavy (non-hydrogen) atoms. The smallest absolute Gasteiger partial charge is 0.335 e. The lowest BCUT2D eigenvalue weighted by Gasteiger charge is -2.30. The number of carbonyl (C=O) groups excluding carboxylic acids is 1. The van der Waals surface area contributed by atoms with Gasteiger partial charge >= 0.3 is 12.0 Å². The van der Waals surface area contributed by atoms with Gasteiger partial charge < -0.3 is 10.0 Å². The van der Waals surface area contributed by atoms with Gasteiger partial charge in [0.15, 0.2) is 0 Å². The summed E-state index contributed by atoms with van der Waals surface area (Å²) >= 11 is 1.51. The summed E-state index contributed by atoms with van der Waals surface area (Å²) in [6, 6.07) is 6.75. The number of urea groups is 1. The van der Waals surface area contributed by atoms with Crippen molar-refractivity contribution in [2.45, 2.75) is 32.1 Å². The van der Waals surface area contributed by atoms with E-state index in [0.29, 0.717) is 0 Å². The second-order valence-electron chi connectivity index (χ2n) is 5.38. The Morgan fingerprint density at radius 1 is 1.26 bits per heavy atom. The summed E-state index contributed by atoms with van der Waals surface area (Å²) in [5.41, 5.74) is 1.06. The monoisotopic (exact) mass is 334 g/mol. The summed E-state index contributed by atoms with van der Waals surface area (Å²) in [6.45, 7) is 5.56. The first-order valence-corrected chi connectivity index (χ1v) is 8.75. The van der Waals surface area contributed by atoms with Crippen LogP contribution in [-0.4, -0.2) is 40.0 Å². The minimum absolute atomic E-state index is 0.0271. The van der Waals surface area contributed by atoms with Crippen LogP contribution >= 0.6 is 11.8 Å². The predicted octanol–water partition coefficient (Wildman–Crippen LogP) is 4.15. The van der Waals surface area contributed by atoms with Crippen LogP contribution in [0, 0.1) is 0 Å². The summed E-state index contributed by atoms with van der Waals surface area (Å²) in [4.78, 5) is 27.5. The summed E-state index contributed by atoms with van der Waals surface area (Å²) in [5.74, 6) is -0.959. The van der Waals surface area contributed by atoms with Crippen molar-refractivity contribution in [3.8, 4) is 0 Å². The zero-order valence-corrected chi connectivity index (χ0v) is 14.3. The largest absolute Gasteiger partial charge is 0.478 e. The van der Waals surface area contributed by atoms with E-state index in [1.54, 1.807) is 29.3 Å². The highest BCUT2D eigenvalue weighted by atomic mass is 32.2. The predicted molar refractivity (Wildman–Crippen MR) is 92.3 cm³/mol. The van der Waals surface area contributed by atoms with Crippen LogP contribution in [-0.2, 0) is 0 Å². The number of aromatic carboxylic acids is 1. The highest BCUT2D eigenvalue weighted by molar-refractivity contribution is 8.02. The third kappa shape index (κ3) is 4.07. The van der Waals surface area contributed by atoms with E-state index in [9.17, 15) is 9.59 Å². The topological polar surface area (TPSA) is 60.9 Å². The normalized spacial score (nSPS) is 16.6. The second-order valence-corrected chi connectivity index (χ2v) is 6.37. The fourth-order valence-corrected chi connectivity index (χ4v) is 3.50. The van der Waals surface area contributed by atoms with E-state index in [4.69, 9.17) is 5.11 Å². The number of benzene rings is 1. The molecule has 1 aromatic rings. The maximum Gasteiger partial charge on any atom is 0.335 e. The highest BCUT2D eigenvalue weighted by Crippen LogP contribution is 2.39. The van der Waals surface area contributed by atoms with Crippen LogP contribution in [0.25, 0.3) is 0 Å². The lowest BCUT2D eigenvalue weighted by atomic mass is 10.1. The zero-order valence-electron chi connectivity index (χ0n) is 13.4. The van der Waals surface area contributed by atoms with E-state index in [1.807, 2.05) is 16.4 Å². The first kappa shape index (κ1) is 17.4. The van der Waals surface area contributed by atoms with Gasteiger partial charge in [-0.1, -0.05) is 26.0 Å². The average molecular weight is 334 g/mol. The van der Waals surface area contributed by atoms with Crippen molar-refractivity contribution in [2.75, 3.05) is 13.1 Å². The lowest BCUT2D eigenvalue weighted by molar-refractivity contribution is 0.0696. The molecule has 124 valence electrons. The number of carboxylic acid groups (broad SMARTS) is 1. The van der Waals surface area contributed by atoms with E-state index in [2.05, 4.69) is 13.8 Å². The Bertz CT molecular complexity index is 597. The number of carbonyl (C=O) groups is 2. The molecule has 0 aromatic heterocycles. The van der Waals surface area contributed by atoms with Crippen molar-refractivity contribution in [3.63, 3.8) is 0 Å². The van der Waals surface area contributed by atoms with Crippen molar-refractivity contribution < 1.29 is 14.7 Å². The molecule has 6 heteroatoms. The minimum Gasteiger partial charge on any atom is -0.478 e. The number of amides is 2. The third-order valence-corrected chi connectivity index (χ3v) is 4.61. The van der Waals surface area contributed by atoms with Gasteiger partial charge in [0.05, 0.1) is 5.56 Å². The van der Waals surface area contributed by atoms with Gasteiger partial charge in [0.25, 0.3) is 0 Å². The molecule has 0 saturated heterocycles. The highest BCUT2D eigenvalue weighted by Gasteiger charge is 2.30. The van der Waals surface area contributed by atoms with E-state index in [0.717, 1.165) is 31.5 Å². The molecule has 2 amide bonds. The maximum atomic E-state index is 12.8. The van der Waals surface area contributed by atoms with Crippen molar-refractivity contribution in [2.24, 2.45) is 0 Å². The molecule has 1 N–H and O–H groups in total. The molecular formula is C17H22N2O3S. The van der Waals surface area contributed by atoms with Gasteiger partial charge in [0.2, 0.25) is 0 Å². The Labute approximate surface area is 141 Å². The number of carboxylic acids is 1. The Balaban J connectivity index is 2.21. The summed E-state index contributed by atoms with van der Waals surface area (Å²) in [7, 11) is 0. The van der Waals surface area contributed by atoms with Gasteiger partial charge in [0, 0.05) is 19.3 Å². The zero-order chi connectivity index (χ0) is 16.8. The number of nitrogens with zero attached hydrogens (tertiary/aromatic N) is 2. The van der Waals surface area contributed by atoms with Gasteiger partial charge in [-0.2, -0.15) is 0 Å². The van der Waals surface area contributed by atoms with Gasteiger partial charge in [-0.25, -0.2) is 9.59 Å². The molecule has 1 aliphatic rings. The Kier molecular flexibility index (Phi) is 6.10. The number of thioether (sulfide) groups is 1. The van der Waals surface area contributed by atoms with E-state index in [1.165, 1.54) is 11.8 Å². The van der Waals surface area contributed by atoms with Crippen LogP contribution in [0.3, 0.4) is 0 Å². The molecule has 1 atom stereocenters. The fraction of sp³-hybridized carbons (Fsp3) is 0.412. The Morgan fingerprint density at radius 2 is 1.96 bits per heavy atom. The van der Waals surface area contributed by atoms with Crippen molar-refractivity contribution in [1.29, 1.82) is 0 Å².